The van der Waals surface area contributed by atoms with Gasteiger partial charge in [-0.1, -0.05) is 6.92 Å². The first kappa shape index (κ1) is 13.9. The molecular formula is C14H23N3O2. The van der Waals surface area contributed by atoms with Crippen LogP contribution in [0.4, 0.5) is 11.5 Å². The fourth-order valence-electron chi connectivity index (χ4n) is 1.55. The average molecular weight is 265 g/mol. The standard InChI is InChI=1S/C14H23N3O2/c1-3-14(2,18)9-16-12-7-6-11(15)13(17-12)19-8-10-4-5-10/h6-7,10,18H,3-5,8-9,15H2,1-2H3,(H,16,17). The first-order valence-electron chi connectivity index (χ1n) is 6.86. The molecule has 106 valence electrons. The summed E-state index contributed by atoms with van der Waals surface area (Å²) < 4.78 is 5.62. The van der Waals surface area contributed by atoms with Gasteiger partial charge in [-0.25, -0.2) is 0 Å². The van der Waals surface area contributed by atoms with Gasteiger partial charge in [0, 0.05) is 6.54 Å². The number of nitrogens with two attached hydrogens (primary N) is 1. The van der Waals surface area contributed by atoms with Crippen LogP contribution in [0, 0.1) is 5.92 Å². The second kappa shape index (κ2) is 5.65. The van der Waals surface area contributed by atoms with E-state index in [1.54, 1.807) is 19.1 Å². The number of hydrogen-bond donors (Lipinski definition) is 3. The van der Waals surface area contributed by atoms with E-state index in [2.05, 4.69) is 10.3 Å². The number of hydrogen-bond acceptors (Lipinski definition) is 5. The Balaban J connectivity index is 1.94. The molecule has 19 heavy (non-hydrogen) atoms. The summed E-state index contributed by atoms with van der Waals surface area (Å²) in [5, 5.41) is 13.1. The number of nitrogen functional groups attached to an aromatic ring is 1. The maximum Gasteiger partial charge on any atom is 0.239 e. The highest BCUT2D eigenvalue weighted by atomic mass is 16.5. The third-order valence-electron chi connectivity index (χ3n) is 3.45. The molecule has 1 saturated carbocycles. The minimum atomic E-state index is -0.738. The topological polar surface area (TPSA) is 80.4 Å². The Kier molecular flexibility index (Phi) is 4.14. The van der Waals surface area contributed by atoms with Gasteiger partial charge in [0.05, 0.1) is 17.9 Å². The maximum absolute atomic E-state index is 9.95. The molecule has 0 amide bonds. The van der Waals surface area contributed by atoms with Crippen molar-refractivity contribution in [2.24, 2.45) is 5.92 Å². The third-order valence-corrected chi connectivity index (χ3v) is 3.45. The van der Waals surface area contributed by atoms with Crippen molar-refractivity contribution < 1.29 is 9.84 Å². The average Bonchev–Trinajstić information content (AvgIpc) is 3.20. The Morgan fingerprint density at radius 2 is 2.26 bits per heavy atom. The summed E-state index contributed by atoms with van der Waals surface area (Å²) in [6, 6.07) is 3.57. The molecule has 1 aliphatic carbocycles. The molecule has 1 aliphatic rings. The Morgan fingerprint density at radius 1 is 1.53 bits per heavy atom. The number of pyridine rings is 1. The van der Waals surface area contributed by atoms with E-state index in [1.807, 2.05) is 6.92 Å². The molecule has 0 aliphatic heterocycles. The summed E-state index contributed by atoms with van der Waals surface area (Å²) in [5.41, 5.74) is 5.65. The first-order valence-corrected chi connectivity index (χ1v) is 6.86. The van der Waals surface area contributed by atoms with Gasteiger partial charge < -0.3 is 20.9 Å². The molecule has 0 radical (unpaired) electrons. The Bertz CT molecular complexity index is 431. The lowest BCUT2D eigenvalue weighted by molar-refractivity contribution is 0.0696. The van der Waals surface area contributed by atoms with Crippen LogP contribution in [0.15, 0.2) is 12.1 Å². The van der Waals surface area contributed by atoms with Crippen LogP contribution in [0.1, 0.15) is 33.1 Å². The van der Waals surface area contributed by atoms with Crippen molar-refractivity contribution in [3.63, 3.8) is 0 Å². The van der Waals surface area contributed by atoms with Crippen molar-refractivity contribution in [1.29, 1.82) is 0 Å². The second-order valence-corrected chi connectivity index (χ2v) is 5.55. The third kappa shape index (κ3) is 4.28. The highest BCUT2D eigenvalue weighted by Gasteiger charge is 2.23. The second-order valence-electron chi connectivity index (χ2n) is 5.55. The van der Waals surface area contributed by atoms with Crippen LogP contribution >= 0.6 is 0 Å². The van der Waals surface area contributed by atoms with E-state index >= 15 is 0 Å². The van der Waals surface area contributed by atoms with Crippen LogP contribution in [-0.2, 0) is 0 Å². The van der Waals surface area contributed by atoms with E-state index in [4.69, 9.17) is 10.5 Å². The molecule has 1 atom stereocenters. The van der Waals surface area contributed by atoms with Crippen LogP contribution in [-0.4, -0.2) is 28.8 Å². The molecule has 4 N–H and O–H groups in total. The summed E-state index contributed by atoms with van der Waals surface area (Å²) in [7, 11) is 0. The van der Waals surface area contributed by atoms with E-state index in [0.717, 1.165) is 0 Å². The lowest BCUT2D eigenvalue weighted by Crippen LogP contribution is -2.32. The molecule has 1 heterocycles. The summed E-state index contributed by atoms with van der Waals surface area (Å²) in [5.74, 6) is 1.82. The quantitative estimate of drug-likeness (QED) is 0.703. The molecule has 1 unspecified atom stereocenters. The lowest BCUT2D eigenvalue weighted by Gasteiger charge is -2.22. The van der Waals surface area contributed by atoms with E-state index in [9.17, 15) is 5.11 Å². The first-order chi connectivity index (χ1) is 9.00. The summed E-state index contributed by atoms with van der Waals surface area (Å²) in [4.78, 5) is 4.34. The van der Waals surface area contributed by atoms with Gasteiger partial charge in [0.15, 0.2) is 0 Å². The Labute approximate surface area is 114 Å². The molecule has 1 aromatic rings. The lowest BCUT2D eigenvalue weighted by atomic mass is 10.0. The molecular weight excluding hydrogens is 242 g/mol. The highest BCUT2D eigenvalue weighted by molar-refractivity contribution is 5.53. The fourth-order valence-corrected chi connectivity index (χ4v) is 1.55. The van der Waals surface area contributed by atoms with Crippen LogP contribution in [0.5, 0.6) is 5.88 Å². The number of ether oxygens (including phenoxy) is 1. The maximum atomic E-state index is 9.95. The normalized spacial score (nSPS) is 17.8. The van der Waals surface area contributed by atoms with Gasteiger partial charge in [-0.15, -0.1) is 0 Å². The number of aromatic nitrogens is 1. The molecule has 1 aromatic heterocycles. The smallest absolute Gasteiger partial charge is 0.239 e. The molecule has 0 spiro atoms. The monoisotopic (exact) mass is 265 g/mol. The summed E-state index contributed by atoms with van der Waals surface area (Å²) in [6.07, 6.45) is 3.15. The summed E-state index contributed by atoms with van der Waals surface area (Å²) in [6.45, 7) is 4.87. The van der Waals surface area contributed by atoms with Gasteiger partial charge in [-0.05, 0) is 44.2 Å². The number of rotatable bonds is 7. The largest absolute Gasteiger partial charge is 0.476 e. The van der Waals surface area contributed by atoms with Gasteiger partial charge in [-0.3, -0.25) is 0 Å². The van der Waals surface area contributed by atoms with Crippen molar-refractivity contribution in [3.8, 4) is 5.88 Å². The van der Waals surface area contributed by atoms with Crippen LogP contribution < -0.4 is 15.8 Å². The zero-order valence-corrected chi connectivity index (χ0v) is 11.6. The van der Waals surface area contributed by atoms with E-state index in [0.29, 0.717) is 42.9 Å². The van der Waals surface area contributed by atoms with Gasteiger partial charge in [0.2, 0.25) is 5.88 Å². The molecule has 0 bridgehead atoms. The Morgan fingerprint density at radius 3 is 2.89 bits per heavy atom. The molecule has 5 nitrogen and oxygen atoms in total. The number of aliphatic hydroxyl groups is 1. The van der Waals surface area contributed by atoms with Crippen LogP contribution in [0.3, 0.4) is 0 Å². The molecule has 2 rings (SSSR count). The highest BCUT2D eigenvalue weighted by Crippen LogP contribution is 2.30. The minimum absolute atomic E-state index is 0.447. The van der Waals surface area contributed by atoms with E-state index in [-0.39, 0.29) is 0 Å². The molecule has 0 aromatic carbocycles. The van der Waals surface area contributed by atoms with Gasteiger partial charge in [0.1, 0.15) is 5.82 Å². The molecule has 1 fully saturated rings. The van der Waals surface area contributed by atoms with Gasteiger partial charge in [0.25, 0.3) is 0 Å². The van der Waals surface area contributed by atoms with E-state index in [1.165, 1.54) is 12.8 Å². The minimum Gasteiger partial charge on any atom is -0.476 e. The van der Waals surface area contributed by atoms with Crippen molar-refractivity contribution in [2.75, 3.05) is 24.2 Å². The summed E-state index contributed by atoms with van der Waals surface area (Å²) >= 11 is 0. The molecule has 5 heteroatoms. The van der Waals surface area contributed by atoms with Crippen molar-refractivity contribution >= 4 is 11.5 Å². The van der Waals surface area contributed by atoms with Crippen LogP contribution in [0.2, 0.25) is 0 Å². The molecule has 0 saturated heterocycles. The van der Waals surface area contributed by atoms with Crippen molar-refractivity contribution in [2.45, 2.75) is 38.7 Å². The van der Waals surface area contributed by atoms with Gasteiger partial charge >= 0.3 is 0 Å². The predicted octanol–water partition coefficient (Wildman–Crippen LogP) is 2.03. The Hall–Kier alpha value is -1.49. The fraction of sp³-hybridized carbons (Fsp3) is 0.643. The number of nitrogens with zero attached hydrogens (tertiary/aromatic N) is 1. The van der Waals surface area contributed by atoms with Crippen molar-refractivity contribution in [1.82, 2.24) is 4.98 Å². The van der Waals surface area contributed by atoms with Gasteiger partial charge in [-0.2, -0.15) is 4.98 Å². The van der Waals surface area contributed by atoms with Crippen LogP contribution in [0.25, 0.3) is 0 Å². The SMILES string of the molecule is CCC(C)(O)CNc1ccc(N)c(OCC2CC2)n1. The zero-order valence-electron chi connectivity index (χ0n) is 11.6. The number of nitrogens with one attached hydrogen (secondary N) is 1. The predicted molar refractivity (Wildman–Crippen MR) is 76.3 cm³/mol. The number of anilines is 2. The van der Waals surface area contributed by atoms with E-state index < -0.39 is 5.60 Å². The van der Waals surface area contributed by atoms with Crippen molar-refractivity contribution in [3.05, 3.63) is 12.1 Å². The zero-order chi connectivity index (χ0) is 13.9.